The molecule has 5 nitrogen and oxygen atoms in total. The lowest BCUT2D eigenvalue weighted by Gasteiger charge is -2.05. The molecule has 0 aliphatic carbocycles. The lowest BCUT2D eigenvalue weighted by Crippen LogP contribution is -2.00. The Morgan fingerprint density at radius 1 is 1.33 bits per heavy atom. The lowest BCUT2D eigenvalue weighted by atomic mass is 10.3. The molecule has 96 valence electrons. The quantitative estimate of drug-likeness (QED) is 0.491. The first kappa shape index (κ1) is 12.8. The summed E-state index contributed by atoms with van der Waals surface area (Å²) in [4.78, 5) is 4.14. The first-order valence-corrected chi connectivity index (χ1v) is 6.69. The monoisotopic (exact) mass is 264 g/mol. The van der Waals surface area contributed by atoms with E-state index in [9.17, 15) is 0 Å². The zero-order valence-corrected chi connectivity index (χ0v) is 11.1. The van der Waals surface area contributed by atoms with Crippen molar-refractivity contribution in [1.29, 1.82) is 0 Å². The number of ether oxygens (including phenoxy) is 1. The van der Waals surface area contributed by atoms with Crippen molar-refractivity contribution in [1.82, 2.24) is 14.8 Å². The summed E-state index contributed by atoms with van der Waals surface area (Å²) < 4.78 is 7.37. The fourth-order valence-electron chi connectivity index (χ4n) is 1.39. The summed E-state index contributed by atoms with van der Waals surface area (Å²) in [6.45, 7) is 0.689. The van der Waals surface area contributed by atoms with E-state index >= 15 is 0 Å². The van der Waals surface area contributed by atoms with Gasteiger partial charge >= 0.3 is 0 Å². The molecule has 1 aromatic heterocycles. The summed E-state index contributed by atoms with van der Waals surface area (Å²) >= 11 is 1.68. The minimum Gasteiger partial charge on any atom is -0.494 e. The van der Waals surface area contributed by atoms with E-state index in [0.717, 1.165) is 28.8 Å². The van der Waals surface area contributed by atoms with Crippen LogP contribution in [0.2, 0.25) is 0 Å². The molecule has 0 saturated heterocycles. The van der Waals surface area contributed by atoms with Crippen LogP contribution in [0.1, 0.15) is 6.42 Å². The number of rotatable bonds is 6. The largest absolute Gasteiger partial charge is 0.494 e. The number of aryl methyl sites for hydroxylation is 1. The molecule has 0 aliphatic heterocycles. The third kappa shape index (κ3) is 3.66. The van der Waals surface area contributed by atoms with E-state index in [1.54, 1.807) is 22.8 Å². The maximum atomic E-state index is 5.60. The van der Waals surface area contributed by atoms with E-state index in [1.165, 1.54) is 0 Å². The summed E-state index contributed by atoms with van der Waals surface area (Å²) in [5.74, 6) is 1.81. The second-order valence-electron chi connectivity index (χ2n) is 3.79. The van der Waals surface area contributed by atoms with Crippen LogP contribution in [0, 0.1) is 0 Å². The van der Waals surface area contributed by atoms with Crippen LogP contribution in [-0.4, -0.2) is 27.1 Å². The van der Waals surface area contributed by atoms with Gasteiger partial charge in [0.2, 0.25) is 0 Å². The van der Waals surface area contributed by atoms with Crippen LogP contribution in [0.4, 0.5) is 5.69 Å². The van der Waals surface area contributed by atoms with Gasteiger partial charge in [-0.3, -0.25) is 0 Å². The molecular weight excluding hydrogens is 248 g/mol. The fraction of sp³-hybridized carbons (Fsp3) is 0.333. The Hall–Kier alpha value is -1.69. The van der Waals surface area contributed by atoms with Crippen LogP contribution in [0.25, 0.3) is 0 Å². The van der Waals surface area contributed by atoms with Crippen molar-refractivity contribution in [2.75, 3.05) is 18.1 Å². The Kier molecular flexibility index (Phi) is 4.46. The van der Waals surface area contributed by atoms with Gasteiger partial charge in [-0.15, -0.1) is 0 Å². The predicted molar refractivity (Wildman–Crippen MR) is 72.7 cm³/mol. The third-order valence-corrected chi connectivity index (χ3v) is 3.46. The topological polar surface area (TPSA) is 66.0 Å². The minimum atomic E-state index is 0.689. The van der Waals surface area contributed by atoms with Crippen molar-refractivity contribution in [2.45, 2.75) is 11.6 Å². The van der Waals surface area contributed by atoms with Crippen molar-refractivity contribution >= 4 is 17.4 Å². The molecule has 0 fully saturated rings. The molecule has 1 heterocycles. The Morgan fingerprint density at radius 2 is 2.11 bits per heavy atom. The first-order chi connectivity index (χ1) is 8.75. The predicted octanol–water partition coefficient (Wildman–Crippen LogP) is 1.96. The summed E-state index contributed by atoms with van der Waals surface area (Å²) in [5, 5.41) is 4.95. The van der Waals surface area contributed by atoms with Crippen LogP contribution in [-0.2, 0) is 7.05 Å². The molecule has 2 aromatic rings. The molecule has 18 heavy (non-hydrogen) atoms. The van der Waals surface area contributed by atoms with Gasteiger partial charge in [-0.05, 0) is 30.7 Å². The van der Waals surface area contributed by atoms with E-state index in [4.69, 9.17) is 10.5 Å². The van der Waals surface area contributed by atoms with Gasteiger partial charge in [0.25, 0.3) is 0 Å². The molecule has 0 spiro atoms. The number of benzene rings is 1. The van der Waals surface area contributed by atoms with Crippen LogP contribution >= 0.6 is 11.8 Å². The Labute approximate surface area is 110 Å². The number of anilines is 1. The van der Waals surface area contributed by atoms with Crippen molar-refractivity contribution < 1.29 is 4.74 Å². The van der Waals surface area contributed by atoms with E-state index in [0.29, 0.717) is 6.61 Å². The van der Waals surface area contributed by atoms with E-state index in [2.05, 4.69) is 10.1 Å². The molecule has 2 N–H and O–H groups in total. The van der Waals surface area contributed by atoms with Crippen LogP contribution in [0.3, 0.4) is 0 Å². The molecule has 0 aliphatic rings. The Balaban J connectivity index is 1.64. The molecular formula is C12H16N4OS. The standard InChI is InChI=1S/C12H16N4OS/c1-16-12(14-9-15-16)18-8-2-7-17-11-5-3-10(13)4-6-11/h3-6,9H,2,7-8,13H2,1H3. The van der Waals surface area contributed by atoms with Gasteiger partial charge in [-0.1, -0.05) is 11.8 Å². The lowest BCUT2D eigenvalue weighted by molar-refractivity contribution is 0.318. The number of nitrogens with zero attached hydrogens (tertiary/aromatic N) is 3. The Bertz CT molecular complexity index is 483. The minimum absolute atomic E-state index is 0.689. The van der Waals surface area contributed by atoms with Gasteiger partial charge in [0, 0.05) is 18.5 Å². The maximum Gasteiger partial charge on any atom is 0.185 e. The Morgan fingerprint density at radius 3 is 2.78 bits per heavy atom. The molecule has 1 aromatic carbocycles. The van der Waals surface area contributed by atoms with Gasteiger partial charge in [-0.2, -0.15) is 5.10 Å². The van der Waals surface area contributed by atoms with Crippen molar-refractivity contribution in [3.63, 3.8) is 0 Å². The first-order valence-electron chi connectivity index (χ1n) is 5.71. The van der Waals surface area contributed by atoms with E-state index in [1.807, 2.05) is 31.3 Å². The SMILES string of the molecule is Cn1ncnc1SCCCOc1ccc(N)cc1. The van der Waals surface area contributed by atoms with Gasteiger partial charge in [0.15, 0.2) is 5.16 Å². The molecule has 0 unspecified atom stereocenters. The van der Waals surface area contributed by atoms with Crippen LogP contribution < -0.4 is 10.5 Å². The van der Waals surface area contributed by atoms with Crippen LogP contribution in [0.15, 0.2) is 35.7 Å². The highest BCUT2D eigenvalue weighted by molar-refractivity contribution is 7.99. The van der Waals surface area contributed by atoms with Gasteiger partial charge in [0.1, 0.15) is 12.1 Å². The average molecular weight is 264 g/mol. The van der Waals surface area contributed by atoms with E-state index < -0.39 is 0 Å². The third-order valence-electron chi connectivity index (χ3n) is 2.34. The highest BCUT2D eigenvalue weighted by Crippen LogP contribution is 2.16. The van der Waals surface area contributed by atoms with Crippen molar-refractivity contribution in [3.05, 3.63) is 30.6 Å². The summed E-state index contributed by atoms with van der Waals surface area (Å²) in [6, 6.07) is 7.43. The molecule has 0 atom stereocenters. The van der Waals surface area contributed by atoms with Gasteiger partial charge in [-0.25, -0.2) is 9.67 Å². The van der Waals surface area contributed by atoms with Gasteiger partial charge < -0.3 is 10.5 Å². The van der Waals surface area contributed by atoms with Gasteiger partial charge in [0.05, 0.1) is 6.61 Å². The normalized spacial score (nSPS) is 10.5. The number of nitrogens with two attached hydrogens (primary N) is 1. The number of thioether (sulfide) groups is 1. The van der Waals surface area contributed by atoms with E-state index in [-0.39, 0.29) is 0 Å². The highest BCUT2D eigenvalue weighted by atomic mass is 32.2. The zero-order chi connectivity index (χ0) is 12.8. The second kappa shape index (κ2) is 6.30. The number of hydrogen-bond donors (Lipinski definition) is 1. The molecule has 2 rings (SSSR count). The summed E-state index contributed by atoms with van der Waals surface area (Å²) in [5.41, 5.74) is 6.35. The molecule has 0 bridgehead atoms. The summed E-state index contributed by atoms with van der Waals surface area (Å²) in [6.07, 6.45) is 2.52. The molecule has 0 saturated carbocycles. The average Bonchev–Trinajstić information content (AvgIpc) is 2.77. The number of aromatic nitrogens is 3. The zero-order valence-electron chi connectivity index (χ0n) is 10.2. The fourth-order valence-corrected chi connectivity index (χ4v) is 2.19. The molecule has 6 heteroatoms. The van der Waals surface area contributed by atoms with Crippen LogP contribution in [0.5, 0.6) is 5.75 Å². The molecule has 0 radical (unpaired) electrons. The number of nitrogen functional groups attached to an aromatic ring is 1. The molecule has 0 amide bonds. The smallest absolute Gasteiger partial charge is 0.185 e. The van der Waals surface area contributed by atoms with Crippen molar-refractivity contribution in [2.24, 2.45) is 7.05 Å². The summed E-state index contributed by atoms with van der Waals surface area (Å²) in [7, 11) is 1.89. The second-order valence-corrected chi connectivity index (χ2v) is 4.85. The van der Waals surface area contributed by atoms with Crippen molar-refractivity contribution in [3.8, 4) is 5.75 Å². The maximum absolute atomic E-state index is 5.60. The number of hydrogen-bond acceptors (Lipinski definition) is 5. The highest BCUT2D eigenvalue weighted by Gasteiger charge is 2.00.